The molecule has 1 aromatic carbocycles. The van der Waals surface area contributed by atoms with Crippen molar-refractivity contribution in [2.45, 2.75) is 39.5 Å². The number of aryl methyl sites for hydroxylation is 2. The minimum absolute atomic E-state index is 0.0675. The van der Waals surface area contributed by atoms with E-state index in [-0.39, 0.29) is 23.7 Å². The van der Waals surface area contributed by atoms with Crippen molar-refractivity contribution in [2.75, 3.05) is 10.6 Å². The van der Waals surface area contributed by atoms with Gasteiger partial charge in [0.05, 0.1) is 11.4 Å². The summed E-state index contributed by atoms with van der Waals surface area (Å²) in [6, 6.07) is 9.03. The van der Waals surface area contributed by atoms with Crippen LogP contribution in [0.1, 0.15) is 59.8 Å². The molecule has 150 valence electrons. The summed E-state index contributed by atoms with van der Waals surface area (Å²) in [5.41, 5.74) is 4.29. The highest BCUT2D eigenvalue weighted by atomic mass is 16.2. The van der Waals surface area contributed by atoms with Gasteiger partial charge in [0.25, 0.3) is 5.91 Å². The molecular weight excluding hydrogens is 368 g/mol. The van der Waals surface area contributed by atoms with Crippen molar-refractivity contribution in [3.63, 3.8) is 0 Å². The second-order valence-electron chi connectivity index (χ2n) is 7.58. The van der Waals surface area contributed by atoms with Crippen molar-refractivity contribution in [1.82, 2.24) is 19.9 Å². The number of nitrogens with one attached hydrogen (secondary N) is 4. The Morgan fingerprint density at radius 1 is 0.966 bits per heavy atom. The highest BCUT2D eigenvalue weighted by Crippen LogP contribution is 2.33. The van der Waals surface area contributed by atoms with E-state index in [2.05, 4.69) is 30.6 Å². The highest BCUT2D eigenvalue weighted by Gasteiger charge is 2.28. The van der Waals surface area contributed by atoms with Gasteiger partial charge in [0, 0.05) is 28.8 Å². The van der Waals surface area contributed by atoms with E-state index in [1.165, 1.54) is 0 Å². The summed E-state index contributed by atoms with van der Waals surface area (Å²) in [7, 11) is 0. The average molecular weight is 392 g/mol. The SMILES string of the molecule is CC(C)C(=O)Nc1nc2c([nH]1)CCc1[nH]c(NC(=O)c3ccccc3)nc1[C@@H]2C. The van der Waals surface area contributed by atoms with Crippen LogP contribution in [0.5, 0.6) is 0 Å². The molecule has 8 nitrogen and oxygen atoms in total. The minimum Gasteiger partial charge on any atom is -0.328 e. The van der Waals surface area contributed by atoms with Crippen LogP contribution in [0.4, 0.5) is 11.9 Å². The second kappa shape index (κ2) is 7.54. The molecule has 0 bridgehead atoms. The summed E-state index contributed by atoms with van der Waals surface area (Å²) in [4.78, 5) is 40.1. The van der Waals surface area contributed by atoms with E-state index in [0.717, 1.165) is 35.6 Å². The van der Waals surface area contributed by atoms with Crippen LogP contribution in [-0.4, -0.2) is 31.8 Å². The number of hydrogen-bond donors (Lipinski definition) is 4. The summed E-state index contributed by atoms with van der Waals surface area (Å²) >= 11 is 0. The Morgan fingerprint density at radius 3 is 2.07 bits per heavy atom. The number of amides is 2. The lowest BCUT2D eigenvalue weighted by Crippen LogP contribution is -2.18. The molecule has 0 saturated carbocycles. The Hall–Kier alpha value is -3.42. The van der Waals surface area contributed by atoms with E-state index in [0.29, 0.717) is 17.5 Å². The third-order valence-corrected chi connectivity index (χ3v) is 5.10. The molecule has 1 atom stereocenters. The monoisotopic (exact) mass is 392 g/mol. The lowest BCUT2D eigenvalue weighted by molar-refractivity contribution is -0.118. The van der Waals surface area contributed by atoms with Crippen LogP contribution in [0.2, 0.25) is 0 Å². The maximum Gasteiger partial charge on any atom is 0.257 e. The zero-order valence-electron chi connectivity index (χ0n) is 16.7. The summed E-state index contributed by atoms with van der Waals surface area (Å²) in [6.45, 7) is 5.71. The number of aromatic nitrogens is 4. The van der Waals surface area contributed by atoms with Crippen molar-refractivity contribution < 1.29 is 9.59 Å². The molecule has 4 rings (SSSR count). The van der Waals surface area contributed by atoms with Crippen LogP contribution in [0.25, 0.3) is 0 Å². The average Bonchev–Trinajstić information content (AvgIpc) is 3.27. The van der Waals surface area contributed by atoms with E-state index in [9.17, 15) is 9.59 Å². The molecule has 2 heterocycles. The molecule has 1 aliphatic carbocycles. The Bertz CT molecular complexity index is 1050. The van der Waals surface area contributed by atoms with Gasteiger partial charge in [-0.2, -0.15) is 0 Å². The number of anilines is 2. The van der Waals surface area contributed by atoms with Crippen LogP contribution in [0.15, 0.2) is 30.3 Å². The first-order chi connectivity index (χ1) is 13.9. The number of rotatable bonds is 4. The number of nitrogens with zero attached hydrogens (tertiary/aromatic N) is 2. The molecule has 0 unspecified atom stereocenters. The predicted molar refractivity (Wildman–Crippen MR) is 110 cm³/mol. The van der Waals surface area contributed by atoms with E-state index < -0.39 is 0 Å². The Labute approximate surface area is 168 Å². The van der Waals surface area contributed by atoms with Gasteiger partial charge in [-0.15, -0.1) is 0 Å². The molecule has 0 saturated heterocycles. The fourth-order valence-corrected chi connectivity index (χ4v) is 3.47. The van der Waals surface area contributed by atoms with Crippen molar-refractivity contribution in [1.29, 1.82) is 0 Å². The highest BCUT2D eigenvalue weighted by molar-refractivity contribution is 6.03. The lowest BCUT2D eigenvalue weighted by Gasteiger charge is -2.06. The van der Waals surface area contributed by atoms with Crippen molar-refractivity contribution in [2.24, 2.45) is 5.92 Å². The zero-order chi connectivity index (χ0) is 20.5. The molecule has 2 amide bonds. The minimum atomic E-state index is -0.207. The number of benzene rings is 1. The maximum absolute atomic E-state index is 12.4. The smallest absolute Gasteiger partial charge is 0.257 e. The third kappa shape index (κ3) is 3.78. The number of hydrogen-bond acceptors (Lipinski definition) is 4. The van der Waals surface area contributed by atoms with Gasteiger partial charge in [0.2, 0.25) is 17.8 Å². The number of H-pyrrole nitrogens is 2. The topological polar surface area (TPSA) is 116 Å². The van der Waals surface area contributed by atoms with Gasteiger partial charge >= 0.3 is 0 Å². The molecule has 3 aromatic rings. The molecule has 1 aliphatic rings. The van der Waals surface area contributed by atoms with Gasteiger partial charge in [-0.05, 0) is 25.0 Å². The number of carbonyl (C=O) groups excluding carboxylic acids is 2. The van der Waals surface area contributed by atoms with E-state index >= 15 is 0 Å². The van der Waals surface area contributed by atoms with Gasteiger partial charge in [-0.1, -0.05) is 39.0 Å². The van der Waals surface area contributed by atoms with Crippen LogP contribution < -0.4 is 10.6 Å². The molecule has 4 N–H and O–H groups in total. The van der Waals surface area contributed by atoms with Crippen LogP contribution >= 0.6 is 0 Å². The Kier molecular flexibility index (Phi) is 4.92. The van der Waals surface area contributed by atoms with Crippen LogP contribution in [0.3, 0.4) is 0 Å². The van der Waals surface area contributed by atoms with Gasteiger partial charge in [0.15, 0.2) is 0 Å². The molecule has 8 heteroatoms. The standard InChI is InChI=1S/C21H24N6O2/c1-11(2)18(28)26-20-22-14-9-10-15-17(12(3)16(14)24-20)25-21(23-15)27-19(29)13-7-5-4-6-8-13/h4-8,11-12H,9-10H2,1-3H3,(H2,22,24,26,28)(H2,23,25,27,29)/t12-/m1/s1. The molecule has 0 radical (unpaired) electrons. The van der Waals surface area contributed by atoms with Crippen LogP contribution in [-0.2, 0) is 17.6 Å². The molecule has 29 heavy (non-hydrogen) atoms. The normalized spacial score (nSPS) is 15.4. The summed E-state index contributed by atoms with van der Waals surface area (Å²) < 4.78 is 0. The summed E-state index contributed by atoms with van der Waals surface area (Å²) in [6.07, 6.45) is 1.48. The van der Waals surface area contributed by atoms with Crippen LogP contribution in [0, 0.1) is 5.92 Å². The van der Waals surface area contributed by atoms with Crippen molar-refractivity contribution in [3.05, 3.63) is 58.7 Å². The molecule has 0 spiro atoms. The number of imidazole rings is 2. The zero-order valence-corrected chi connectivity index (χ0v) is 16.7. The summed E-state index contributed by atoms with van der Waals surface area (Å²) in [5, 5.41) is 5.66. The maximum atomic E-state index is 12.4. The predicted octanol–water partition coefficient (Wildman–Crippen LogP) is 3.23. The number of carbonyl (C=O) groups is 2. The van der Waals surface area contributed by atoms with Gasteiger partial charge < -0.3 is 9.97 Å². The number of aromatic amines is 2. The molecule has 2 aromatic heterocycles. The number of fused-ring (bicyclic) bond motifs is 2. The second-order valence-corrected chi connectivity index (χ2v) is 7.58. The van der Waals surface area contributed by atoms with E-state index in [4.69, 9.17) is 0 Å². The fraction of sp³-hybridized carbons (Fsp3) is 0.333. The Morgan fingerprint density at radius 2 is 1.52 bits per heavy atom. The fourth-order valence-electron chi connectivity index (χ4n) is 3.47. The van der Waals surface area contributed by atoms with Crippen molar-refractivity contribution in [3.8, 4) is 0 Å². The molecule has 0 fully saturated rings. The Balaban J connectivity index is 1.55. The van der Waals surface area contributed by atoms with Gasteiger partial charge in [0.1, 0.15) is 0 Å². The summed E-state index contributed by atoms with van der Waals surface area (Å²) in [5.74, 6) is 0.433. The lowest BCUT2D eigenvalue weighted by atomic mass is 10.0. The first-order valence-corrected chi connectivity index (χ1v) is 9.77. The third-order valence-electron chi connectivity index (χ3n) is 5.10. The van der Waals surface area contributed by atoms with Crippen molar-refractivity contribution >= 4 is 23.7 Å². The first kappa shape index (κ1) is 18.9. The first-order valence-electron chi connectivity index (χ1n) is 9.77. The molecule has 0 aliphatic heterocycles. The molecular formula is C21H24N6O2. The largest absolute Gasteiger partial charge is 0.328 e. The quantitative estimate of drug-likeness (QED) is 0.545. The van der Waals surface area contributed by atoms with E-state index in [1.54, 1.807) is 12.1 Å². The van der Waals surface area contributed by atoms with Gasteiger partial charge in [-0.3, -0.25) is 20.2 Å². The van der Waals surface area contributed by atoms with Gasteiger partial charge in [-0.25, -0.2) is 9.97 Å². The van der Waals surface area contributed by atoms with E-state index in [1.807, 2.05) is 39.0 Å².